The summed E-state index contributed by atoms with van der Waals surface area (Å²) in [6, 6.07) is 5.73. The molecule has 26 heavy (non-hydrogen) atoms. The van der Waals surface area contributed by atoms with Gasteiger partial charge in [0.25, 0.3) is 0 Å². The van der Waals surface area contributed by atoms with E-state index in [1.807, 2.05) is 0 Å². The van der Waals surface area contributed by atoms with Gasteiger partial charge in [0.1, 0.15) is 10.7 Å². The van der Waals surface area contributed by atoms with Crippen LogP contribution in [0.2, 0.25) is 0 Å². The molecule has 1 aliphatic heterocycles. The number of nitrogens with one attached hydrogen (secondary N) is 2. The highest BCUT2D eigenvalue weighted by Crippen LogP contribution is 2.37. The molecule has 2 aromatic rings. The minimum Gasteiger partial charge on any atom is -0.504 e. The van der Waals surface area contributed by atoms with Gasteiger partial charge in [-0.3, -0.25) is 4.79 Å². The van der Waals surface area contributed by atoms with Crippen molar-refractivity contribution in [2.24, 2.45) is 0 Å². The van der Waals surface area contributed by atoms with Crippen molar-refractivity contribution in [2.75, 3.05) is 10.6 Å². The van der Waals surface area contributed by atoms with Crippen molar-refractivity contribution in [3.63, 3.8) is 0 Å². The number of ketones is 1. The summed E-state index contributed by atoms with van der Waals surface area (Å²) in [7, 11) is -4.01. The second kappa shape index (κ2) is 6.26. The smallest absolute Gasteiger partial charge is 0.323 e. The van der Waals surface area contributed by atoms with Crippen LogP contribution in [0.5, 0.6) is 5.75 Å². The number of anilines is 2. The third-order valence-electron chi connectivity index (χ3n) is 3.84. The molecule has 1 heterocycles. The van der Waals surface area contributed by atoms with Gasteiger partial charge in [0.05, 0.1) is 5.69 Å². The number of sulfone groups is 1. The summed E-state index contributed by atoms with van der Waals surface area (Å²) >= 11 is 0. The maximum absolute atomic E-state index is 13.5. The molecule has 2 amide bonds. The number of phenolic OH excluding ortho intramolecular Hbond substituents is 1. The minimum atomic E-state index is -4.01. The Hall–Kier alpha value is -3.20. The van der Waals surface area contributed by atoms with Crippen molar-refractivity contribution in [1.82, 2.24) is 0 Å². The number of urea groups is 1. The molecule has 0 fully saturated rings. The summed E-state index contributed by atoms with van der Waals surface area (Å²) in [4.78, 5) is 23.3. The topological polar surface area (TPSA) is 113 Å². The number of phenols is 1. The Kier molecular flexibility index (Phi) is 4.25. The summed E-state index contributed by atoms with van der Waals surface area (Å²) in [6.45, 7) is 1.48. The lowest BCUT2D eigenvalue weighted by molar-refractivity contribution is 0.104. The Bertz CT molecular complexity index is 1080. The fraction of sp³-hybridized carbons (Fsp3) is 0.0588. The largest absolute Gasteiger partial charge is 0.504 e. The van der Waals surface area contributed by atoms with Crippen LogP contribution in [-0.4, -0.2) is 25.3 Å². The van der Waals surface area contributed by atoms with Crippen LogP contribution < -0.4 is 10.6 Å². The molecular formula is C17H13FN2O5S. The molecule has 7 nitrogen and oxygen atoms in total. The number of hydrogen-bond donors (Lipinski definition) is 3. The molecule has 9 heteroatoms. The quantitative estimate of drug-likeness (QED) is 0.698. The van der Waals surface area contributed by atoms with Gasteiger partial charge in [-0.25, -0.2) is 17.6 Å². The lowest BCUT2D eigenvalue weighted by atomic mass is 10.1. The third-order valence-corrected chi connectivity index (χ3v) is 5.32. The minimum absolute atomic E-state index is 0.183. The van der Waals surface area contributed by atoms with E-state index in [1.165, 1.54) is 37.3 Å². The fourth-order valence-electron chi connectivity index (χ4n) is 2.48. The average molecular weight is 376 g/mol. The number of rotatable bonds is 2. The number of benzene rings is 2. The molecule has 0 unspecified atom stereocenters. The number of hydrogen-bond acceptors (Lipinski definition) is 5. The molecule has 2 aromatic carbocycles. The summed E-state index contributed by atoms with van der Waals surface area (Å²) in [5, 5.41) is 15.6. The highest BCUT2D eigenvalue weighted by Gasteiger charge is 2.29. The average Bonchev–Trinajstić information content (AvgIpc) is 2.57. The van der Waals surface area contributed by atoms with E-state index in [9.17, 15) is 27.5 Å². The van der Waals surface area contributed by atoms with E-state index in [2.05, 4.69) is 10.6 Å². The zero-order valence-corrected chi connectivity index (χ0v) is 14.2. The molecule has 0 atom stereocenters. The maximum atomic E-state index is 13.5. The predicted molar refractivity (Wildman–Crippen MR) is 92.5 cm³/mol. The van der Waals surface area contributed by atoms with E-state index in [0.717, 1.165) is 6.08 Å². The summed E-state index contributed by atoms with van der Waals surface area (Å²) in [5.74, 6) is -1.82. The molecule has 3 N–H and O–H groups in total. The van der Waals surface area contributed by atoms with E-state index in [0.29, 0.717) is 5.41 Å². The van der Waals surface area contributed by atoms with Crippen LogP contribution in [0.3, 0.4) is 0 Å². The molecule has 0 radical (unpaired) electrons. The molecule has 0 aliphatic carbocycles. The van der Waals surface area contributed by atoms with Crippen molar-refractivity contribution >= 4 is 33.0 Å². The first-order chi connectivity index (χ1) is 12.2. The van der Waals surface area contributed by atoms with E-state index >= 15 is 0 Å². The Labute approximate surface area is 148 Å². The van der Waals surface area contributed by atoms with Crippen LogP contribution in [0.15, 0.2) is 46.7 Å². The van der Waals surface area contributed by atoms with E-state index in [1.54, 1.807) is 0 Å². The Balaban J connectivity index is 1.91. The highest BCUT2D eigenvalue weighted by molar-refractivity contribution is 7.94. The van der Waals surface area contributed by atoms with Crippen LogP contribution >= 0.6 is 0 Å². The van der Waals surface area contributed by atoms with Gasteiger partial charge < -0.3 is 15.7 Å². The lowest BCUT2D eigenvalue weighted by Gasteiger charge is -2.16. The van der Waals surface area contributed by atoms with Crippen LogP contribution in [0.4, 0.5) is 20.6 Å². The molecule has 0 spiro atoms. The van der Waals surface area contributed by atoms with E-state index < -0.39 is 38.1 Å². The number of carbonyl (C=O) groups excluding carboxylic acids is 2. The van der Waals surface area contributed by atoms with Gasteiger partial charge in [-0.05, 0) is 37.3 Å². The molecule has 1 aliphatic rings. The highest BCUT2D eigenvalue weighted by atomic mass is 32.2. The first-order valence-electron chi connectivity index (χ1n) is 7.37. The molecule has 0 saturated carbocycles. The Morgan fingerprint density at radius 1 is 1.12 bits per heavy atom. The summed E-state index contributed by atoms with van der Waals surface area (Å²) in [6.07, 6.45) is 0.893. The molecule has 0 bridgehead atoms. The van der Waals surface area contributed by atoms with Gasteiger partial charge in [-0.1, -0.05) is 6.07 Å². The monoisotopic (exact) mass is 376 g/mol. The number of aromatic hydroxyl groups is 1. The van der Waals surface area contributed by atoms with E-state index in [-0.39, 0.29) is 22.5 Å². The van der Waals surface area contributed by atoms with Crippen molar-refractivity contribution < 1.29 is 27.5 Å². The Morgan fingerprint density at radius 2 is 1.81 bits per heavy atom. The molecule has 0 saturated heterocycles. The number of halogens is 1. The number of carbonyl (C=O) groups is 2. The van der Waals surface area contributed by atoms with Crippen LogP contribution in [0.25, 0.3) is 0 Å². The van der Waals surface area contributed by atoms with Crippen LogP contribution in [0, 0.1) is 12.7 Å². The Morgan fingerprint density at radius 3 is 2.54 bits per heavy atom. The number of allylic oxidation sites excluding steroid dienone is 1. The zero-order chi connectivity index (χ0) is 19.1. The van der Waals surface area contributed by atoms with Gasteiger partial charge in [0.15, 0.2) is 11.5 Å². The van der Waals surface area contributed by atoms with Crippen molar-refractivity contribution in [1.29, 1.82) is 0 Å². The molecule has 134 valence electrons. The third kappa shape index (κ3) is 3.04. The predicted octanol–water partition coefficient (Wildman–Crippen LogP) is 2.97. The second-order valence-electron chi connectivity index (χ2n) is 5.54. The van der Waals surface area contributed by atoms with E-state index in [4.69, 9.17) is 0 Å². The number of amides is 2. The second-order valence-corrected chi connectivity index (χ2v) is 7.31. The first-order valence-corrected chi connectivity index (χ1v) is 8.92. The first kappa shape index (κ1) is 17.6. The van der Waals surface area contributed by atoms with Crippen molar-refractivity contribution in [3.8, 4) is 5.75 Å². The van der Waals surface area contributed by atoms with Crippen molar-refractivity contribution in [3.05, 3.63) is 58.8 Å². The number of fused-ring (bicyclic) bond motifs is 1. The molecule has 3 rings (SSSR count). The van der Waals surface area contributed by atoms with Crippen LogP contribution in [0.1, 0.15) is 15.9 Å². The normalized spacial score (nSPS) is 14.6. The SMILES string of the molecule is Cc1c(F)cccc1NC(=O)Nc1ccc2c(c1O)S(=O)(=O)C=CC2=O. The van der Waals surface area contributed by atoms with Gasteiger partial charge in [-0.2, -0.15) is 0 Å². The molecular weight excluding hydrogens is 363 g/mol. The van der Waals surface area contributed by atoms with Crippen molar-refractivity contribution in [2.45, 2.75) is 11.8 Å². The van der Waals surface area contributed by atoms with Gasteiger partial charge in [0.2, 0.25) is 9.84 Å². The maximum Gasteiger partial charge on any atom is 0.323 e. The van der Waals surface area contributed by atoms with Gasteiger partial charge in [0, 0.05) is 22.2 Å². The summed E-state index contributed by atoms with van der Waals surface area (Å²) in [5.41, 5.74) is 0.0419. The van der Waals surface area contributed by atoms with Crippen LogP contribution in [-0.2, 0) is 9.84 Å². The standard InChI is InChI=1S/C17H13FN2O5S/c1-9-11(18)3-2-4-12(9)19-17(23)20-13-6-5-10-14(21)7-8-26(24,25)16(10)15(13)22/h2-8,22H,1H3,(H2,19,20,23). The molecule has 0 aromatic heterocycles. The zero-order valence-electron chi connectivity index (χ0n) is 13.4. The lowest BCUT2D eigenvalue weighted by Crippen LogP contribution is -2.21. The van der Waals surface area contributed by atoms with Gasteiger partial charge >= 0.3 is 6.03 Å². The summed E-state index contributed by atoms with van der Waals surface area (Å²) < 4.78 is 37.7. The fourth-order valence-corrected chi connectivity index (χ4v) is 3.78. The van der Waals surface area contributed by atoms with Gasteiger partial charge in [-0.15, -0.1) is 0 Å².